The number of fused-ring (bicyclic) bond motifs is 6. The molecule has 48 heavy (non-hydrogen) atoms. The number of nitrogens with one attached hydrogen (secondary N) is 4. The molecule has 10 atom stereocenters. The number of ether oxygens (including phenoxy) is 2. The number of thiol groups is 1. The summed E-state index contributed by atoms with van der Waals surface area (Å²) in [5.41, 5.74) is 1.55. The monoisotopic (exact) mass is 741 g/mol. The van der Waals surface area contributed by atoms with Crippen molar-refractivity contribution < 1.29 is 38.8 Å². The number of hydrogen-bond donors (Lipinski definition) is 9. The van der Waals surface area contributed by atoms with Crippen molar-refractivity contribution in [1.29, 1.82) is 0 Å². The van der Waals surface area contributed by atoms with E-state index in [1.165, 1.54) is 34.4 Å². The molecule has 0 aromatic carbocycles. The van der Waals surface area contributed by atoms with Crippen LogP contribution in [-0.4, -0.2) is 122 Å². The van der Waals surface area contributed by atoms with Gasteiger partial charge in [0.05, 0.1) is 31.9 Å². The number of aromatic nitrogens is 8. The van der Waals surface area contributed by atoms with Gasteiger partial charge in [-0.1, -0.05) is 17.2 Å². The molecule has 0 aliphatic carbocycles. The van der Waals surface area contributed by atoms with Crippen LogP contribution in [0.15, 0.2) is 37.5 Å². The van der Waals surface area contributed by atoms with Crippen LogP contribution in [0.5, 0.6) is 0 Å². The molecule has 24 heteroatoms. The Balaban J connectivity index is 1.23. The first-order chi connectivity index (χ1) is 23.1. The standard InChI is InChI=1S/C24H30N12O8P2S2/c37-5-11-14-18(39)24(43-11)36-10-32-16-20(28-8-30-22(16)36)26-4-2-1-3-25-19-15-21(29-7-27-19)35(9-31-15)23-17(38)13(33-45(40)47)12(44-23)6-42-46(41,48)34-14/h1-2,7-14,17-18,23-24,37-39H,3-6H2,(H5-,25,26,27,28,29,30,33,34,40,41,47,48)/p+1/b2-1+/t11?,12?,13-,14?,17-,18-,23-,24?,46?/m1/s1. The van der Waals surface area contributed by atoms with Crippen LogP contribution in [0, 0.1) is 0 Å². The van der Waals surface area contributed by atoms with Gasteiger partial charge in [-0.15, -0.1) is 0 Å². The van der Waals surface area contributed by atoms with Crippen molar-refractivity contribution in [3.8, 4) is 0 Å². The fraction of sp³-hybridized carbons (Fsp3) is 0.500. The minimum atomic E-state index is -3.92. The first kappa shape index (κ1) is 33.7. The highest BCUT2D eigenvalue weighted by atomic mass is 32.7. The highest BCUT2D eigenvalue weighted by molar-refractivity contribution is 8.40. The van der Waals surface area contributed by atoms with Gasteiger partial charge >= 0.3 is 7.15 Å². The number of aliphatic hydroxyl groups is 3. The van der Waals surface area contributed by atoms with Gasteiger partial charge in [0.15, 0.2) is 46.4 Å². The van der Waals surface area contributed by atoms with Crippen LogP contribution >= 0.6 is 26.0 Å². The van der Waals surface area contributed by atoms with Gasteiger partial charge in [-0.2, -0.15) is 0 Å². The van der Waals surface area contributed by atoms with Crippen molar-refractivity contribution in [2.45, 2.75) is 49.0 Å². The van der Waals surface area contributed by atoms with E-state index in [0.29, 0.717) is 47.1 Å². The summed E-state index contributed by atoms with van der Waals surface area (Å²) in [4.78, 5) is 37.3. The zero-order valence-electron chi connectivity index (χ0n) is 24.7. The molecule has 2 saturated heterocycles. The average molecular weight is 742 g/mol. The summed E-state index contributed by atoms with van der Waals surface area (Å²) in [5, 5.41) is 44.6. The number of rotatable bonds is 3. The minimum absolute atomic E-state index is 0.355. The second-order valence-corrected chi connectivity index (χ2v) is 16.0. The summed E-state index contributed by atoms with van der Waals surface area (Å²) < 4.78 is 33.0. The van der Waals surface area contributed by atoms with Gasteiger partial charge in [-0.05, 0) is 16.4 Å². The van der Waals surface area contributed by atoms with Crippen molar-refractivity contribution in [1.82, 2.24) is 49.2 Å². The Morgan fingerprint density at radius 2 is 1.54 bits per heavy atom. The van der Waals surface area contributed by atoms with E-state index >= 15 is 0 Å². The van der Waals surface area contributed by atoms with Gasteiger partial charge in [0.2, 0.25) is 0 Å². The van der Waals surface area contributed by atoms with E-state index in [0.717, 1.165) is 0 Å². The predicted molar refractivity (Wildman–Crippen MR) is 177 cm³/mol. The van der Waals surface area contributed by atoms with Crippen LogP contribution in [0.3, 0.4) is 0 Å². The number of aliphatic hydroxyl groups excluding tert-OH is 3. The topological polar surface area (TPSA) is 261 Å². The van der Waals surface area contributed by atoms with E-state index in [2.05, 4.69) is 63.0 Å². The summed E-state index contributed by atoms with van der Waals surface area (Å²) in [6.07, 6.45) is 2.55. The van der Waals surface area contributed by atoms with Crippen LogP contribution in [-0.2, 0) is 30.4 Å². The average Bonchev–Trinajstić information content (AvgIpc) is 3.82. The van der Waals surface area contributed by atoms with Crippen molar-refractivity contribution >= 4 is 71.8 Å². The molecule has 8 N–H and O–H groups in total. The molecule has 6 unspecified atom stereocenters. The number of anilines is 2. The van der Waals surface area contributed by atoms with Crippen LogP contribution in [0.2, 0.25) is 0 Å². The highest BCUT2D eigenvalue weighted by Crippen LogP contribution is 2.44. The molecule has 7 rings (SSSR count). The predicted octanol–water partition coefficient (Wildman–Crippen LogP) is -0.694. The summed E-state index contributed by atoms with van der Waals surface area (Å²) in [6.45, 7) is -4.04. The van der Waals surface area contributed by atoms with Crippen molar-refractivity contribution in [2.24, 2.45) is 0 Å². The van der Waals surface area contributed by atoms with Crippen LogP contribution in [0.4, 0.5) is 11.6 Å². The quantitative estimate of drug-likeness (QED) is 0.0715. The maximum Gasteiger partial charge on any atom is 0.504 e. The number of imidazole rings is 2. The first-order valence-corrected chi connectivity index (χ1v) is 19.7. The lowest BCUT2D eigenvalue weighted by Crippen LogP contribution is -2.45. The molecule has 0 saturated carbocycles. The van der Waals surface area contributed by atoms with Crippen LogP contribution in [0.25, 0.3) is 22.3 Å². The van der Waals surface area contributed by atoms with Gasteiger partial charge in [-0.3, -0.25) is 9.13 Å². The zero-order chi connectivity index (χ0) is 33.6. The van der Waals surface area contributed by atoms with Crippen molar-refractivity contribution in [3.63, 3.8) is 0 Å². The molecule has 0 amide bonds. The lowest BCUT2D eigenvalue weighted by atomic mass is 10.1. The van der Waals surface area contributed by atoms with Gasteiger partial charge in [0.1, 0.15) is 55.4 Å². The molecule has 3 aliphatic rings. The Bertz CT molecular complexity index is 1900. The van der Waals surface area contributed by atoms with E-state index in [9.17, 15) is 24.8 Å². The Morgan fingerprint density at radius 3 is 2.10 bits per heavy atom. The van der Waals surface area contributed by atoms with Gasteiger partial charge in [-0.25, -0.2) is 35.0 Å². The molecule has 12 bridgehead atoms. The van der Waals surface area contributed by atoms with E-state index in [4.69, 9.17) is 25.8 Å². The highest BCUT2D eigenvalue weighted by Gasteiger charge is 2.50. The third kappa shape index (κ3) is 6.44. The Labute approximate surface area is 282 Å². The van der Waals surface area contributed by atoms with E-state index in [1.807, 2.05) is 12.2 Å². The van der Waals surface area contributed by atoms with Crippen molar-refractivity contribution in [2.75, 3.05) is 36.9 Å². The molecule has 20 nitrogen and oxygen atoms in total. The maximum absolute atomic E-state index is 12.1. The summed E-state index contributed by atoms with van der Waals surface area (Å²) in [6, 6.07) is -2.06. The van der Waals surface area contributed by atoms with Crippen LogP contribution < -0.4 is 20.8 Å². The smallest absolute Gasteiger partial charge is 0.394 e. The fourth-order valence-electron chi connectivity index (χ4n) is 5.90. The molecule has 2 fully saturated rings. The van der Waals surface area contributed by atoms with Gasteiger partial charge in [0.25, 0.3) is 6.64 Å². The van der Waals surface area contributed by atoms with E-state index < -0.39 is 69.4 Å². The van der Waals surface area contributed by atoms with Gasteiger partial charge < -0.3 is 44.8 Å². The maximum atomic E-state index is 12.1. The number of hydrogen-bond acceptors (Lipinski definition) is 16. The van der Waals surface area contributed by atoms with E-state index in [-0.39, 0.29) is 6.61 Å². The molecule has 256 valence electrons. The Kier molecular flexibility index (Phi) is 9.70. The normalized spacial score (nSPS) is 33.8. The van der Waals surface area contributed by atoms with E-state index in [1.54, 1.807) is 0 Å². The molecule has 0 radical (unpaired) electrons. The first-order valence-electron chi connectivity index (χ1n) is 14.6. The minimum Gasteiger partial charge on any atom is -0.394 e. The second-order valence-electron chi connectivity index (χ2n) is 11.0. The lowest BCUT2D eigenvalue weighted by Gasteiger charge is -2.27. The lowest BCUT2D eigenvalue weighted by molar-refractivity contribution is -0.0490. The van der Waals surface area contributed by atoms with Crippen molar-refractivity contribution in [3.05, 3.63) is 37.5 Å². The fourth-order valence-corrected chi connectivity index (χ4v) is 8.54. The summed E-state index contributed by atoms with van der Waals surface area (Å²) >= 11 is 9.33. The second kappa shape index (κ2) is 13.8. The van der Waals surface area contributed by atoms with Crippen LogP contribution in [0.1, 0.15) is 12.5 Å². The number of nitrogens with zero attached hydrogens (tertiary/aromatic N) is 8. The SMILES string of the molecule is O=[P+](S)N[C@@H]1C2COP(O)(=S)NC3C(CO)OC([C@@H]3O)n3cnc4c(ncnc43)NC/C=C/CNc3ncnc4c3ncn4[C@H](O2)[C@@H]1O. The Morgan fingerprint density at radius 1 is 0.958 bits per heavy atom. The molecular weight excluding hydrogens is 710 g/mol. The Hall–Kier alpha value is -2.82. The van der Waals surface area contributed by atoms with Gasteiger partial charge in [0, 0.05) is 13.1 Å². The molecule has 4 aromatic rings. The molecule has 0 spiro atoms. The molecule has 7 heterocycles. The third-order valence-corrected chi connectivity index (χ3v) is 10.7. The zero-order valence-corrected chi connectivity index (χ0v) is 28.2. The largest absolute Gasteiger partial charge is 0.504 e. The summed E-state index contributed by atoms with van der Waals surface area (Å²) in [5.74, 6) is 0.893. The summed E-state index contributed by atoms with van der Waals surface area (Å²) in [7, 11) is -2.25. The molecule has 4 aromatic heterocycles. The third-order valence-electron chi connectivity index (χ3n) is 8.12. The molecule has 3 aliphatic heterocycles. The molecular formula is C24H31N12O8P2S2+.